The number of aromatic amines is 1. The summed E-state index contributed by atoms with van der Waals surface area (Å²) in [6.07, 6.45) is 3.82. The highest BCUT2D eigenvalue weighted by Gasteiger charge is 2.13. The fourth-order valence-electron chi connectivity index (χ4n) is 2.32. The second-order valence-electron chi connectivity index (χ2n) is 5.06. The summed E-state index contributed by atoms with van der Waals surface area (Å²) in [6, 6.07) is 14.1. The first-order chi connectivity index (χ1) is 11.7. The predicted octanol–water partition coefficient (Wildman–Crippen LogP) is 2.76. The van der Waals surface area contributed by atoms with Crippen molar-refractivity contribution in [1.82, 2.24) is 25.2 Å². The van der Waals surface area contributed by atoms with Crippen LogP contribution in [0.25, 0.3) is 26.7 Å². The van der Waals surface area contributed by atoms with E-state index in [-0.39, 0.29) is 0 Å². The Bertz CT molecular complexity index is 1040. The second kappa shape index (κ2) is 6.00. The van der Waals surface area contributed by atoms with Gasteiger partial charge in [-0.1, -0.05) is 12.1 Å². The van der Waals surface area contributed by atoms with Crippen LogP contribution in [0.2, 0.25) is 0 Å². The number of nitriles is 1. The maximum Gasteiger partial charge on any atom is 0.191 e. The van der Waals surface area contributed by atoms with E-state index in [0.29, 0.717) is 11.4 Å². The van der Waals surface area contributed by atoms with Gasteiger partial charge in [-0.05, 0) is 29.6 Å². The maximum atomic E-state index is 9.06. The zero-order valence-corrected chi connectivity index (χ0v) is 14.3. The molecule has 4 aromatic rings. The van der Waals surface area contributed by atoms with Gasteiger partial charge in [-0.15, -0.1) is 25.7 Å². The van der Waals surface area contributed by atoms with Crippen molar-refractivity contribution < 1.29 is 0 Å². The summed E-state index contributed by atoms with van der Waals surface area (Å²) in [5.41, 5.74) is 2.91. The molecule has 0 fully saturated rings. The van der Waals surface area contributed by atoms with Gasteiger partial charge in [0.25, 0.3) is 0 Å². The molecule has 1 atom stereocenters. The van der Waals surface area contributed by atoms with Crippen molar-refractivity contribution in [2.75, 3.05) is 0 Å². The van der Waals surface area contributed by atoms with E-state index in [1.807, 2.05) is 59.5 Å². The third-order valence-electron chi connectivity index (χ3n) is 3.52. The molecular weight excluding hydrogens is 339 g/mol. The molecule has 0 bridgehead atoms. The number of hydrogen-bond donors (Lipinski definition) is 1. The summed E-state index contributed by atoms with van der Waals surface area (Å²) in [4.78, 5) is 1.96. The van der Waals surface area contributed by atoms with Crippen LogP contribution in [-0.4, -0.2) is 25.2 Å². The SMILES string of the molecule is N#Cc1n[nH]nc1-c1ccc(-c2cnn(-c3ccc(P)cc3)c2)s1. The van der Waals surface area contributed by atoms with Crippen LogP contribution in [0.4, 0.5) is 0 Å². The van der Waals surface area contributed by atoms with Gasteiger partial charge in [0.15, 0.2) is 5.69 Å². The number of aromatic nitrogens is 5. The third-order valence-corrected chi connectivity index (χ3v) is 5.04. The van der Waals surface area contributed by atoms with Crippen LogP contribution in [0.3, 0.4) is 0 Å². The van der Waals surface area contributed by atoms with Gasteiger partial charge in [-0.25, -0.2) is 4.68 Å². The first-order valence-electron chi connectivity index (χ1n) is 7.06. The quantitative estimate of drug-likeness (QED) is 0.576. The number of nitrogens with one attached hydrogen (secondary N) is 1. The molecular formula is C16H11N6PS. The molecule has 6 nitrogen and oxygen atoms in total. The van der Waals surface area contributed by atoms with Crippen LogP contribution in [0, 0.1) is 11.3 Å². The Labute approximate surface area is 144 Å². The van der Waals surface area contributed by atoms with Crippen LogP contribution in [0.1, 0.15) is 5.69 Å². The minimum atomic E-state index is 0.302. The van der Waals surface area contributed by atoms with E-state index in [2.05, 4.69) is 29.7 Å². The average molecular weight is 350 g/mol. The molecule has 1 aromatic carbocycles. The van der Waals surface area contributed by atoms with E-state index in [4.69, 9.17) is 5.26 Å². The lowest BCUT2D eigenvalue weighted by molar-refractivity contribution is 0.881. The summed E-state index contributed by atoms with van der Waals surface area (Å²) in [5, 5.41) is 25.0. The largest absolute Gasteiger partial charge is 0.240 e. The average Bonchev–Trinajstić information content (AvgIpc) is 3.33. The number of H-pyrrole nitrogens is 1. The molecule has 8 heteroatoms. The van der Waals surface area contributed by atoms with E-state index in [1.165, 1.54) is 0 Å². The van der Waals surface area contributed by atoms with Crippen molar-refractivity contribution in [1.29, 1.82) is 5.26 Å². The van der Waals surface area contributed by atoms with Gasteiger partial charge in [0.05, 0.1) is 16.8 Å². The van der Waals surface area contributed by atoms with Gasteiger partial charge in [0.2, 0.25) is 0 Å². The van der Waals surface area contributed by atoms with Crippen molar-refractivity contribution in [2.45, 2.75) is 0 Å². The van der Waals surface area contributed by atoms with E-state index in [1.54, 1.807) is 11.3 Å². The Morgan fingerprint density at radius 3 is 2.67 bits per heavy atom. The highest BCUT2D eigenvalue weighted by atomic mass is 32.1. The summed E-state index contributed by atoms with van der Waals surface area (Å²) in [6.45, 7) is 0. The van der Waals surface area contributed by atoms with Crippen molar-refractivity contribution >= 4 is 25.9 Å². The monoisotopic (exact) mass is 350 g/mol. The van der Waals surface area contributed by atoms with Crippen LogP contribution >= 0.6 is 20.6 Å². The molecule has 0 aliphatic heterocycles. The number of benzene rings is 1. The Morgan fingerprint density at radius 2 is 1.88 bits per heavy atom. The molecule has 116 valence electrons. The van der Waals surface area contributed by atoms with Gasteiger partial charge in [-0.2, -0.15) is 20.7 Å². The van der Waals surface area contributed by atoms with Gasteiger partial charge in [0, 0.05) is 16.6 Å². The summed E-state index contributed by atoms with van der Waals surface area (Å²) >= 11 is 1.55. The Kier molecular flexibility index (Phi) is 3.69. The van der Waals surface area contributed by atoms with E-state index in [0.717, 1.165) is 26.3 Å². The van der Waals surface area contributed by atoms with Crippen LogP contribution in [0.5, 0.6) is 0 Å². The number of rotatable bonds is 3. The Balaban J connectivity index is 1.66. The van der Waals surface area contributed by atoms with Gasteiger partial charge in [0.1, 0.15) is 11.8 Å². The van der Waals surface area contributed by atoms with Crippen LogP contribution < -0.4 is 5.30 Å². The Hall–Kier alpha value is -2.81. The molecule has 1 unspecified atom stereocenters. The normalized spacial score (nSPS) is 10.7. The van der Waals surface area contributed by atoms with E-state index < -0.39 is 0 Å². The zero-order chi connectivity index (χ0) is 16.5. The predicted molar refractivity (Wildman–Crippen MR) is 96.3 cm³/mol. The molecule has 1 N–H and O–H groups in total. The smallest absolute Gasteiger partial charge is 0.191 e. The molecule has 0 aliphatic rings. The molecule has 3 heterocycles. The summed E-state index contributed by atoms with van der Waals surface area (Å²) < 4.78 is 1.84. The molecule has 0 spiro atoms. The molecule has 0 radical (unpaired) electrons. The number of hydrogen-bond acceptors (Lipinski definition) is 5. The first-order valence-corrected chi connectivity index (χ1v) is 8.46. The summed E-state index contributed by atoms with van der Waals surface area (Å²) in [5.74, 6) is 0. The fourth-order valence-corrected chi connectivity index (χ4v) is 3.48. The summed E-state index contributed by atoms with van der Waals surface area (Å²) in [7, 11) is 2.67. The van der Waals surface area contributed by atoms with Crippen LogP contribution in [0.15, 0.2) is 48.8 Å². The first kappa shape index (κ1) is 14.8. The second-order valence-corrected chi connectivity index (χ2v) is 6.81. The van der Waals surface area contributed by atoms with Crippen molar-refractivity contribution in [3.63, 3.8) is 0 Å². The number of nitrogens with zero attached hydrogens (tertiary/aromatic N) is 5. The topological polar surface area (TPSA) is 83.2 Å². The highest BCUT2D eigenvalue weighted by molar-refractivity contribution is 7.27. The maximum absolute atomic E-state index is 9.06. The molecule has 0 saturated carbocycles. The van der Waals surface area contributed by atoms with E-state index >= 15 is 0 Å². The molecule has 3 aromatic heterocycles. The fraction of sp³-hybridized carbons (Fsp3) is 0. The minimum Gasteiger partial charge on any atom is -0.240 e. The van der Waals surface area contributed by atoms with Crippen molar-refractivity contribution in [3.8, 4) is 32.8 Å². The zero-order valence-electron chi connectivity index (χ0n) is 12.3. The molecule has 0 amide bonds. The molecule has 24 heavy (non-hydrogen) atoms. The van der Waals surface area contributed by atoms with Gasteiger partial charge < -0.3 is 0 Å². The lowest BCUT2D eigenvalue weighted by atomic mass is 10.2. The molecule has 0 aliphatic carbocycles. The van der Waals surface area contributed by atoms with Gasteiger partial charge in [-0.3, -0.25) is 0 Å². The highest BCUT2D eigenvalue weighted by Crippen LogP contribution is 2.34. The standard InChI is InChI=1S/C16H11N6PS/c17-7-13-16(20-21-19-13)15-6-5-14(24-15)10-8-18-22(9-10)11-1-3-12(23)4-2-11/h1-6,8-9H,23H2,(H,19,20,21). The van der Waals surface area contributed by atoms with Crippen molar-refractivity contribution in [2.24, 2.45) is 0 Å². The number of thiophene rings is 1. The third kappa shape index (κ3) is 2.62. The lowest BCUT2D eigenvalue weighted by Crippen LogP contribution is -1.96. The van der Waals surface area contributed by atoms with Gasteiger partial charge >= 0.3 is 0 Å². The lowest BCUT2D eigenvalue weighted by Gasteiger charge is -2.00. The Morgan fingerprint density at radius 1 is 1.08 bits per heavy atom. The van der Waals surface area contributed by atoms with Crippen molar-refractivity contribution in [3.05, 3.63) is 54.5 Å². The molecule has 4 rings (SSSR count). The van der Waals surface area contributed by atoms with E-state index in [9.17, 15) is 0 Å². The molecule has 0 saturated heterocycles. The van der Waals surface area contributed by atoms with Crippen LogP contribution in [-0.2, 0) is 0 Å². The minimum absolute atomic E-state index is 0.302.